The van der Waals surface area contributed by atoms with Gasteiger partial charge < -0.3 is 0 Å². The number of hydrogen-bond acceptors (Lipinski definition) is 1. The molecule has 0 amide bonds. The van der Waals surface area contributed by atoms with Crippen molar-refractivity contribution in [1.29, 1.82) is 0 Å². The Morgan fingerprint density at radius 3 is 2.50 bits per heavy atom. The van der Waals surface area contributed by atoms with Crippen LogP contribution in [-0.2, 0) is 10.8 Å². The van der Waals surface area contributed by atoms with E-state index in [-0.39, 0.29) is 0 Å². The zero-order valence-corrected chi connectivity index (χ0v) is 13.9. The molecule has 2 rings (SSSR count). The predicted octanol–water partition coefficient (Wildman–Crippen LogP) is 2.55. The molecule has 0 radical (unpaired) electrons. The molecule has 1 nitrogen and oxygen atoms in total. The molecule has 0 bridgehead atoms. The first-order valence-electron chi connectivity index (χ1n) is 6.55. The SMILES string of the molecule is CC(C)(C)[C@@H]1CCS(=O)[C@@H]([Se]c2ccccc2)C1. The van der Waals surface area contributed by atoms with Crippen molar-refractivity contribution in [2.75, 3.05) is 5.75 Å². The fourth-order valence-electron chi connectivity index (χ4n) is 2.39. The van der Waals surface area contributed by atoms with Crippen molar-refractivity contribution in [3.8, 4) is 0 Å². The minimum absolute atomic E-state index is 0.357. The van der Waals surface area contributed by atoms with Crippen LogP contribution in [-0.4, -0.2) is 29.1 Å². The Bertz CT molecular complexity index is 410. The van der Waals surface area contributed by atoms with Gasteiger partial charge in [0.25, 0.3) is 0 Å². The van der Waals surface area contributed by atoms with E-state index in [0.717, 1.165) is 24.5 Å². The molecule has 3 atom stereocenters. The van der Waals surface area contributed by atoms with Gasteiger partial charge in [-0.15, -0.1) is 0 Å². The molecule has 1 heterocycles. The van der Waals surface area contributed by atoms with Gasteiger partial charge in [0.1, 0.15) is 0 Å². The van der Waals surface area contributed by atoms with Crippen LogP contribution < -0.4 is 4.46 Å². The van der Waals surface area contributed by atoms with Crippen LogP contribution in [0, 0.1) is 11.3 Å². The summed E-state index contributed by atoms with van der Waals surface area (Å²) in [5.74, 6) is 1.63. The number of benzene rings is 1. The third-order valence-electron chi connectivity index (χ3n) is 3.67. The summed E-state index contributed by atoms with van der Waals surface area (Å²) < 4.78 is 14.0. The minimum atomic E-state index is -0.606. The molecule has 3 heteroatoms. The van der Waals surface area contributed by atoms with Crippen LogP contribution >= 0.6 is 0 Å². The molecule has 1 fully saturated rings. The van der Waals surface area contributed by atoms with Gasteiger partial charge in [0.05, 0.1) is 0 Å². The molecule has 1 aromatic carbocycles. The van der Waals surface area contributed by atoms with E-state index in [2.05, 4.69) is 51.1 Å². The summed E-state index contributed by atoms with van der Waals surface area (Å²) in [4.78, 5) is 0. The van der Waals surface area contributed by atoms with Gasteiger partial charge in [-0.25, -0.2) is 0 Å². The van der Waals surface area contributed by atoms with Crippen molar-refractivity contribution in [3.63, 3.8) is 0 Å². The third-order valence-corrected chi connectivity index (χ3v) is 9.04. The van der Waals surface area contributed by atoms with E-state index in [9.17, 15) is 4.21 Å². The molecule has 1 saturated heterocycles. The Labute approximate surface area is 119 Å². The summed E-state index contributed by atoms with van der Waals surface area (Å²) in [5.41, 5.74) is 0.357. The maximum atomic E-state index is 12.2. The van der Waals surface area contributed by atoms with Crippen LogP contribution in [0.15, 0.2) is 30.3 Å². The fraction of sp³-hybridized carbons (Fsp3) is 0.600. The summed E-state index contributed by atoms with van der Waals surface area (Å²) in [6, 6.07) is 10.6. The maximum absolute atomic E-state index is 12.2. The molecule has 1 unspecified atom stereocenters. The molecular weight excluding hydrogens is 307 g/mol. The van der Waals surface area contributed by atoms with Crippen molar-refractivity contribution in [2.45, 2.75) is 37.8 Å². The van der Waals surface area contributed by atoms with Crippen LogP contribution in [0.1, 0.15) is 33.6 Å². The standard InChI is InChI=1S/C15H22OSSe/c1-15(2,3)12-9-10-17(16)14(11-12)18-13-7-5-4-6-8-13/h4-8,12,14H,9-11H2,1-3H3/t12-,14+,17?/m1/s1. The Hall–Kier alpha value is -0.111. The van der Waals surface area contributed by atoms with E-state index in [1.165, 1.54) is 4.46 Å². The van der Waals surface area contributed by atoms with E-state index in [1.54, 1.807) is 0 Å². The average Bonchev–Trinajstić information content (AvgIpc) is 2.32. The topological polar surface area (TPSA) is 17.1 Å². The van der Waals surface area contributed by atoms with Gasteiger partial charge in [-0.05, 0) is 0 Å². The molecule has 0 aromatic heterocycles. The quantitative estimate of drug-likeness (QED) is 0.762. The van der Waals surface area contributed by atoms with E-state index in [4.69, 9.17) is 0 Å². The predicted molar refractivity (Wildman–Crippen MR) is 80.8 cm³/mol. The van der Waals surface area contributed by atoms with Gasteiger partial charge in [0, 0.05) is 0 Å². The van der Waals surface area contributed by atoms with Crippen LogP contribution in [0.3, 0.4) is 0 Å². The average molecular weight is 329 g/mol. The third kappa shape index (κ3) is 3.69. The van der Waals surface area contributed by atoms with Gasteiger partial charge in [0.2, 0.25) is 0 Å². The number of rotatable bonds is 2. The van der Waals surface area contributed by atoms with Gasteiger partial charge in [-0.3, -0.25) is 0 Å². The molecule has 1 aliphatic rings. The molecule has 100 valence electrons. The second-order valence-electron chi connectivity index (χ2n) is 6.03. The first kappa shape index (κ1) is 14.3. The Morgan fingerprint density at radius 2 is 1.89 bits per heavy atom. The van der Waals surface area contributed by atoms with Crippen LogP contribution in [0.25, 0.3) is 0 Å². The summed E-state index contributed by atoms with van der Waals surface area (Å²) in [6.45, 7) is 6.95. The molecule has 0 aliphatic carbocycles. The monoisotopic (exact) mass is 330 g/mol. The van der Waals surface area contributed by atoms with E-state index < -0.39 is 10.8 Å². The Morgan fingerprint density at radius 1 is 1.22 bits per heavy atom. The molecule has 1 aromatic rings. The van der Waals surface area contributed by atoms with Crippen molar-refractivity contribution in [1.82, 2.24) is 0 Å². The molecule has 1 aliphatic heterocycles. The number of hydrogen-bond donors (Lipinski definition) is 0. The van der Waals surface area contributed by atoms with Crippen molar-refractivity contribution in [3.05, 3.63) is 30.3 Å². The van der Waals surface area contributed by atoms with Gasteiger partial charge in [0.15, 0.2) is 0 Å². The van der Waals surface area contributed by atoms with E-state index in [0.29, 0.717) is 24.5 Å². The van der Waals surface area contributed by atoms with Gasteiger partial charge in [-0.2, -0.15) is 0 Å². The summed E-state index contributed by atoms with van der Waals surface area (Å²) in [7, 11) is -0.606. The van der Waals surface area contributed by atoms with E-state index >= 15 is 0 Å². The van der Waals surface area contributed by atoms with Crippen molar-refractivity contribution < 1.29 is 4.21 Å². The molecule has 0 N–H and O–H groups in total. The summed E-state index contributed by atoms with van der Waals surface area (Å²) >= 11 is 0.357. The van der Waals surface area contributed by atoms with Gasteiger partial charge in [-0.1, -0.05) is 0 Å². The molecular formula is C15H22OSSe. The van der Waals surface area contributed by atoms with E-state index in [1.807, 2.05) is 0 Å². The van der Waals surface area contributed by atoms with Crippen LogP contribution in [0.4, 0.5) is 0 Å². The Kier molecular flexibility index (Phi) is 4.69. The van der Waals surface area contributed by atoms with Crippen LogP contribution in [0.5, 0.6) is 0 Å². The summed E-state index contributed by atoms with van der Waals surface area (Å²) in [6.07, 6.45) is 2.28. The summed E-state index contributed by atoms with van der Waals surface area (Å²) in [5, 5.41) is 0. The first-order chi connectivity index (χ1) is 8.47. The first-order valence-corrected chi connectivity index (χ1v) is 9.78. The van der Waals surface area contributed by atoms with Crippen molar-refractivity contribution in [2.24, 2.45) is 11.3 Å². The van der Waals surface area contributed by atoms with Crippen LogP contribution in [0.2, 0.25) is 0 Å². The zero-order chi connectivity index (χ0) is 13.2. The molecule has 0 spiro atoms. The van der Waals surface area contributed by atoms with Gasteiger partial charge >= 0.3 is 120 Å². The molecule has 18 heavy (non-hydrogen) atoms. The molecule has 0 saturated carbocycles. The second kappa shape index (κ2) is 5.90. The van der Waals surface area contributed by atoms with Crippen molar-refractivity contribution >= 4 is 30.2 Å². The second-order valence-corrected chi connectivity index (χ2v) is 11.1. The Balaban J connectivity index is 2.05. The normalized spacial score (nSPS) is 29.2. The fourth-order valence-corrected chi connectivity index (χ4v) is 7.56. The zero-order valence-electron chi connectivity index (χ0n) is 11.4.